The van der Waals surface area contributed by atoms with Crippen molar-refractivity contribution in [1.29, 1.82) is 0 Å². The van der Waals surface area contributed by atoms with Crippen molar-refractivity contribution in [2.45, 2.75) is 27.2 Å². The molecular formula is C12H17N. The number of allylic oxidation sites excluding steroid dienone is 5. The predicted molar refractivity (Wildman–Crippen MR) is 57.9 cm³/mol. The Hall–Kier alpha value is -1.24. The largest absolute Gasteiger partial charge is 0.324 e. The Kier molecular flexibility index (Phi) is 3.56. The molecule has 0 aromatic carbocycles. The second-order valence-electron chi connectivity index (χ2n) is 3.15. The fraction of sp³-hybridized carbons (Fsp3) is 0.333. The van der Waals surface area contributed by atoms with Gasteiger partial charge in [-0.3, -0.25) is 0 Å². The lowest BCUT2D eigenvalue weighted by Crippen LogP contribution is -2.09. The van der Waals surface area contributed by atoms with Crippen LogP contribution in [0.3, 0.4) is 0 Å². The van der Waals surface area contributed by atoms with E-state index in [1.165, 1.54) is 11.3 Å². The third-order valence-electron chi connectivity index (χ3n) is 2.14. The summed E-state index contributed by atoms with van der Waals surface area (Å²) in [6.07, 6.45) is 13.7. The first-order valence-electron chi connectivity index (χ1n) is 4.74. The minimum Gasteiger partial charge on any atom is -0.324 e. The van der Waals surface area contributed by atoms with Gasteiger partial charge >= 0.3 is 0 Å². The Labute approximate surface area is 80.7 Å². The van der Waals surface area contributed by atoms with E-state index < -0.39 is 0 Å². The first kappa shape index (κ1) is 9.85. The highest BCUT2D eigenvalue weighted by atomic mass is 15.1. The van der Waals surface area contributed by atoms with Gasteiger partial charge in [0.2, 0.25) is 0 Å². The molecule has 0 amide bonds. The average molecular weight is 175 g/mol. The Morgan fingerprint density at radius 3 is 2.85 bits per heavy atom. The van der Waals surface area contributed by atoms with E-state index in [4.69, 9.17) is 0 Å². The van der Waals surface area contributed by atoms with Crippen molar-refractivity contribution in [1.82, 2.24) is 4.90 Å². The van der Waals surface area contributed by atoms with Crippen LogP contribution in [0.1, 0.15) is 27.2 Å². The monoisotopic (exact) mass is 175 g/mol. The molecule has 1 heteroatoms. The zero-order valence-corrected chi connectivity index (χ0v) is 8.62. The van der Waals surface area contributed by atoms with Crippen molar-refractivity contribution in [3.63, 3.8) is 0 Å². The zero-order valence-electron chi connectivity index (χ0n) is 8.62. The van der Waals surface area contributed by atoms with Crippen LogP contribution in [0.15, 0.2) is 48.0 Å². The summed E-state index contributed by atoms with van der Waals surface area (Å²) in [6.45, 7) is 6.38. The molecule has 0 saturated heterocycles. The molecule has 0 bridgehead atoms. The minimum atomic E-state index is 1.10. The fourth-order valence-corrected chi connectivity index (χ4v) is 1.16. The summed E-state index contributed by atoms with van der Waals surface area (Å²) in [5, 5.41) is 0. The van der Waals surface area contributed by atoms with Crippen LogP contribution in [-0.2, 0) is 0 Å². The van der Waals surface area contributed by atoms with Crippen molar-refractivity contribution in [3.05, 3.63) is 48.0 Å². The molecule has 0 saturated carbocycles. The topological polar surface area (TPSA) is 3.24 Å². The van der Waals surface area contributed by atoms with Crippen molar-refractivity contribution in [2.24, 2.45) is 0 Å². The fourth-order valence-electron chi connectivity index (χ4n) is 1.16. The van der Waals surface area contributed by atoms with Crippen LogP contribution in [0.25, 0.3) is 0 Å². The van der Waals surface area contributed by atoms with Crippen LogP contribution < -0.4 is 0 Å². The molecule has 0 atom stereocenters. The minimum absolute atomic E-state index is 1.10. The van der Waals surface area contributed by atoms with E-state index in [2.05, 4.69) is 56.3 Å². The van der Waals surface area contributed by atoms with Gasteiger partial charge in [0.1, 0.15) is 0 Å². The smallest absolute Gasteiger partial charge is 0.0406 e. The first-order chi connectivity index (χ1) is 6.27. The quantitative estimate of drug-likeness (QED) is 0.620. The molecule has 0 fully saturated rings. The van der Waals surface area contributed by atoms with E-state index in [-0.39, 0.29) is 0 Å². The van der Waals surface area contributed by atoms with Gasteiger partial charge in [-0.25, -0.2) is 0 Å². The standard InChI is InChI=1S/C12H17N/c1-4-11(3)10-13-9-7-6-8-12(13)5-2/h5-10H,4H2,1-3H3/b11-10-,12-5+. The summed E-state index contributed by atoms with van der Waals surface area (Å²) in [4.78, 5) is 2.15. The van der Waals surface area contributed by atoms with E-state index in [0.29, 0.717) is 0 Å². The molecule has 1 nitrogen and oxygen atoms in total. The number of rotatable bonds is 2. The van der Waals surface area contributed by atoms with E-state index >= 15 is 0 Å². The predicted octanol–water partition coefficient (Wildman–Crippen LogP) is 3.59. The van der Waals surface area contributed by atoms with Gasteiger partial charge in [0, 0.05) is 18.1 Å². The summed E-state index contributed by atoms with van der Waals surface area (Å²) in [5.74, 6) is 0. The summed E-state index contributed by atoms with van der Waals surface area (Å²) >= 11 is 0. The first-order valence-corrected chi connectivity index (χ1v) is 4.74. The van der Waals surface area contributed by atoms with Crippen molar-refractivity contribution < 1.29 is 0 Å². The maximum atomic E-state index is 2.18. The molecule has 0 radical (unpaired) electrons. The molecule has 1 aliphatic heterocycles. The SMILES string of the molecule is C/C=C1\C=CC=CN1/C=C(/C)CC. The van der Waals surface area contributed by atoms with E-state index in [1.807, 2.05) is 6.08 Å². The summed E-state index contributed by atoms with van der Waals surface area (Å²) in [5.41, 5.74) is 2.62. The molecule has 70 valence electrons. The van der Waals surface area contributed by atoms with Gasteiger partial charge in [0.05, 0.1) is 0 Å². The Balaban J connectivity index is 2.80. The summed E-state index contributed by atoms with van der Waals surface area (Å²) in [7, 11) is 0. The molecule has 0 aromatic heterocycles. The number of hydrogen-bond donors (Lipinski definition) is 0. The van der Waals surface area contributed by atoms with Gasteiger partial charge in [-0.15, -0.1) is 0 Å². The molecular weight excluding hydrogens is 158 g/mol. The lowest BCUT2D eigenvalue weighted by atomic mass is 10.2. The average Bonchev–Trinajstić information content (AvgIpc) is 2.18. The number of nitrogens with zero attached hydrogens (tertiary/aromatic N) is 1. The normalized spacial score (nSPS) is 20.1. The molecule has 0 unspecified atom stereocenters. The van der Waals surface area contributed by atoms with Gasteiger partial charge in [-0.2, -0.15) is 0 Å². The van der Waals surface area contributed by atoms with Crippen LogP contribution in [0.5, 0.6) is 0 Å². The van der Waals surface area contributed by atoms with E-state index in [9.17, 15) is 0 Å². The van der Waals surface area contributed by atoms with Crippen molar-refractivity contribution in [3.8, 4) is 0 Å². The molecule has 0 aliphatic carbocycles. The molecule has 13 heavy (non-hydrogen) atoms. The van der Waals surface area contributed by atoms with Gasteiger partial charge in [-0.05, 0) is 32.4 Å². The molecule has 0 spiro atoms. The third-order valence-corrected chi connectivity index (χ3v) is 2.14. The van der Waals surface area contributed by atoms with Crippen molar-refractivity contribution >= 4 is 0 Å². The molecule has 0 aromatic rings. The summed E-state index contributed by atoms with van der Waals surface area (Å²) < 4.78 is 0. The highest BCUT2D eigenvalue weighted by Crippen LogP contribution is 2.14. The summed E-state index contributed by atoms with van der Waals surface area (Å²) in [6, 6.07) is 0. The maximum Gasteiger partial charge on any atom is 0.0406 e. The Bertz CT molecular complexity index is 279. The third kappa shape index (κ3) is 2.62. The molecule has 1 aliphatic rings. The van der Waals surface area contributed by atoms with Crippen LogP contribution in [0.2, 0.25) is 0 Å². The second kappa shape index (κ2) is 4.70. The maximum absolute atomic E-state index is 2.18. The highest BCUT2D eigenvalue weighted by molar-refractivity contribution is 5.29. The van der Waals surface area contributed by atoms with Crippen LogP contribution in [0.4, 0.5) is 0 Å². The van der Waals surface area contributed by atoms with Gasteiger partial charge in [0.15, 0.2) is 0 Å². The van der Waals surface area contributed by atoms with E-state index in [1.54, 1.807) is 0 Å². The lowest BCUT2D eigenvalue weighted by Gasteiger charge is -2.20. The zero-order chi connectivity index (χ0) is 9.68. The Morgan fingerprint density at radius 1 is 1.46 bits per heavy atom. The number of hydrogen-bond acceptors (Lipinski definition) is 1. The van der Waals surface area contributed by atoms with E-state index in [0.717, 1.165) is 6.42 Å². The molecule has 1 heterocycles. The van der Waals surface area contributed by atoms with Crippen LogP contribution >= 0.6 is 0 Å². The molecule has 0 N–H and O–H groups in total. The lowest BCUT2D eigenvalue weighted by molar-refractivity contribution is 0.633. The van der Waals surface area contributed by atoms with Crippen molar-refractivity contribution in [2.75, 3.05) is 0 Å². The van der Waals surface area contributed by atoms with Gasteiger partial charge < -0.3 is 4.90 Å². The van der Waals surface area contributed by atoms with Gasteiger partial charge in [-0.1, -0.05) is 24.6 Å². The Morgan fingerprint density at radius 2 is 2.23 bits per heavy atom. The van der Waals surface area contributed by atoms with Crippen LogP contribution in [0, 0.1) is 0 Å². The second-order valence-corrected chi connectivity index (χ2v) is 3.15. The van der Waals surface area contributed by atoms with Crippen LogP contribution in [-0.4, -0.2) is 4.90 Å². The van der Waals surface area contributed by atoms with Gasteiger partial charge in [0.25, 0.3) is 0 Å². The molecule has 1 rings (SSSR count). The highest BCUT2D eigenvalue weighted by Gasteiger charge is 2.01.